The molecule has 84 valence electrons. The van der Waals surface area contributed by atoms with Gasteiger partial charge in [0.05, 0.1) is 0 Å². The lowest BCUT2D eigenvalue weighted by atomic mass is 10.1. The van der Waals surface area contributed by atoms with Crippen molar-refractivity contribution in [2.24, 2.45) is 5.92 Å². The summed E-state index contributed by atoms with van der Waals surface area (Å²) < 4.78 is 10.9. The molecule has 0 aromatic rings. The Morgan fingerprint density at radius 1 is 1.50 bits per heavy atom. The third kappa shape index (κ3) is 4.56. The molecular weight excluding hydrogens is 194 g/mol. The third-order valence-electron chi connectivity index (χ3n) is 2.97. The van der Waals surface area contributed by atoms with E-state index in [0.29, 0.717) is 12.1 Å². The number of hydrogen-bond acceptors (Lipinski definition) is 2. The van der Waals surface area contributed by atoms with Gasteiger partial charge in [0.25, 0.3) is 0 Å². The van der Waals surface area contributed by atoms with E-state index in [4.69, 9.17) is 0 Å². The van der Waals surface area contributed by atoms with Crippen LogP contribution in [0, 0.1) is 5.92 Å². The van der Waals surface area contributed by atoms with Gasteiger partial charge in [-0.15, -0.1) is 0 Å². The first kappa shape index (κ1) is 12.2. The van der Waals surface area contributed by atoms with Crippen molar-refractivity contribution in [2.75, 3.05) is 12.0 Å². The van der Waals surface area contributed by atoms with Crippen molar-refractivity contribution in [3.8, 4) is 0 Å². The van der Waals surface area contributed by atoms with Gasteiger partial charge in [0.1, 0.15) is 0 Å². The lowest BCUT2D eigenvalue weighted by Crippen LogP contribution is -2.38. The van der Waals surface area contributed by atoms with Gasteiger partial charge in [-0.3, -0.25) is 4.21 Å². The highest BCUT2D eigenvalue weighted by atomic mass is 32.2. The molecule has 3 atom stereocenters. The fourth-order valence-electron chi connectivity index (χ4n) is 1.88. The molecule has 0 spiro atoms. The number of hydrogen-bond donors (Lipinski definition) is 1. The standard InChI is InChI=1S/C11H23NOS/c1-4-11(10-5-6-10)12-9(2)7-8-14(3)13/h9-12H,4-8H2,1-3H3. The highest BCUT2D eigenvalue weighted by Crippen LogP contribution is 2.34. The molecule has 3 heteroatoms. The molecule has 0 aliphatic heterocycles. The van der Waals surface area contributed by atoms with Crippen LogP contribution >= 0.6 is 0 Å². The maximum absolute atomic E-state index is 10.9. The van der Waals surface area contributed by atoms with Gasteiger partial charge in [-0.05, 0) is 38.5 Å². The predicted octanol–water partition coefficient (Wildman–Crippen LogP) is 1.92. The highest BCUT2D eigenvalue weighted by Gasteiger charge is 2.30. The smallest absolute Gasteiger partial charge is 0.0246 e. The summed E-state index contributed by atoms with van der Waals surface area (Å²) in [5.41, 5.74) is 0. The second-order valence-corrected chi connectivity index (χ2v) is 6.04. The van der Waals surface area contributed by atoms with Gasteiger partial charge in [-0.1, -0.05) is 6.92 Å². The molecule has 3 unspecified atom stereocenters. The summed E-state index contributed by atoms with van der Waals surface area (Å²) in [5, 5.41) is 3.65. The quantitative estimate of drug-likeness (QED) is 0.706. The van der Waals surface area contributed by atoms with Crippen LogP contribution in [0.5, 0.6) is 0 Å². The zero-order valence-corrected chi connectivity index (χ0v) is 10.4. The van der Waals surface area contributed by atoms with Gasteiger partial charge in [-0.25, -0.2) is 0 Å². The van der Waals surface area contributed by atoms with Gasteiger partial charge in [0.2, 0.25) is 0 Å². The Kier molecular flexibility index (Phi) is 5.10. The van der Waals surface area contributed by atoms with E-state index in [1.807, 2.05) is 0 Å². The summed E-state index contributed by atoms with van der Waals surface area (Å²) in [6.07, 6.45) is 6.84. The summed E-state index contributed by atoms with van der Waals surface area (Å²) in [5.74, 6) is 1.75. The largest absolute Gasteiger partial charge is 0.311 e. The van der Waals surface area contributed by atoms with Crippen molar-refractivity contribution in [1.29, 1.82) is 0 Å². The topological polar surface area (TPSA) is 29.1 Å². The number of nitrogens with one attached hydrogen (secondary N) is 1. The van der Waals surface area contributed by atoms with Crippen molar-refractivity contribution in [1.82, 2.24) is 5.32 Å². The fourth-order valence-corrected chi connectivity index (χ4v) is 2.56. The summed E-state index contributed by atoms with van der Waals surface area (Å²) in [4.78, 5) is 0. The zero-order valence-electron chi connectivity index (χ0n) is 9.58. The van der Waals surface area contributed by atoms with Gasteiger partial charge in [0.15, 0.2) is 0 Å². The third-order valence-corrected chi connectivity index (χ3v) is 3.78. The lowest BCUT2D eigenvalue weighted by Gasteiger charge is -2.21. The van der Waals surface area contributed by atoms with Crippen molar-refractivity contribution < 1.29 is 4.21 Å². The molecule has 2 nitrogen and oxygen atoms in total. The van der Waals surface area contributed by atoms with Gasteiger partial charge < -0.3 is 5.32 Å². The van der Waals surface area contributed by atoms with Crippen LogP contribution in [0.15, 0.2) is 0 Å². The zero-order chi connectivity index (χ0) is 10.6. The molecule has 14 heavy (non-hydrogen) atoms. The van der Waals surface area contributed by atoms with E-state index < -0.39 is 10.8 Å². The molecule has 0 aromatic carbocycles. The fraction of sp³-hybridized carbons (Fsp3) is 1.00. The second kappa shape index (κ2) is 5.86. The van der Waals surface area contributed by atoms with Gasteiger partial charge >= 0.3 is 0 Å². The Hall–Kier alpha value is 0.110. The Morgan fingerprint density at radius 3 is 2.57 bits per heavy atom. The summed E-state index contributed by atoms with van der Waals surface area (Å²) in [6.45, 7) is 4.46. The van der Waals surface area contributed by atoms with E-state index >= 15 is 0 Å². The van der Waals surface area contributed by atoms with E-state index in [1.54, 1.807) is 6.26 Å². The Bertz CT molecular complexity index is 192. The van der Waals surface area contributed by atoms with Crippen molar-refractivity contribution >= 4 is 10.8 Å². The van der Waals surface area contributed by atoms with Gasteiger partial charge in [0, 0.05) is 34.9 Å². The lowest BCUT2D eigenvalue weighted by molar-refractivity contribution is 0.393. The van der Waals surface area contributed by atoms with Crippen LogP contribution in [0.4, 0.5) is 0 Å². The van der Waals surface area contributed by atoms with E-state index in [0.717, 1.165) is 18.1 Å². The first-order valence-corrected chi connectivity index (χ1v) is 7.42. The Morgan fingerprint density at radius 2 is 2.14 bits per heavy atom. The maximum atomic E-state index is 10.9. The van der Waals surface area contributed by atoms with Crippen molar-refractivity contribution in [3.63, 3.8) is 0 Å². The predicted molar refractivity (Wildman–Crippen MR) is 63.0 cm³/mol. The Labute approximate surface area is 90.3 Å². The summed E-state index contributed by atoms with van der Waals surface area (Å²) in [6, 6.07) is 1.22. The summed E-state index contributed by atoms with van der Waals surface area (Å²) in [7, 11) is -0.638. The SMILES string of the molecule is CCC(NC(C)CCS(C)=O)C1CC1. The van der Waals surface area contributed by atoms with E-state index in [1.165, 1.54) is 19.3 Å². The molecule has 1 saturated carbocycles. The number of rotatable bonds is 7. The molecule has 0 heterocycles. The van der Waals surface area contributed by atoms with Crippen LogP contribution < -0.4 is 5.32 Å². The monoisotopic (exact) mass is 217 g/mol. The molecule has 1 fully saturated rings. The van der Waals surface area contributed by atoms with Crippen molar-refractivity contribution in [3.05, 3.63) is 0 Å². The first-order chi connectivity index (χ1) is 6.63. The van der Waals surface area contributed by atoms with E-state index in [9.17, 15) is 4.21 Å². The minimum Gasteiger partial charge on any atom is -0.311 e. The first-order valence-electron chi connectivity index (χ1n) is 5.69. The van der Waals surface area contributed by atoms with Crippen LogP contribution in [0.3, 0.4) is 0 Å². The molecule has 1 aliphatic carbocycles. The second-order valence-electron chi connectivity index (χ2n) is 4.49. The van der Waals surface area contributed by atoms with Crippen LogP contribution in [-0.2, 0) is 10.8 Å². The normalized spacial score (nSPS) is 23.1. The molecule has 0 saturated heterocycles. The average Bonchev–Trinajstić information content (AvgIpc) is 2.94. The molecule has 1 N–H and O–H groups in total. The maximum Gasteiger partial charge on any atom is 0.0246 e. The van der Waals surface area contributed by atoms with Crippen molar-refractivity contribution in [2.45, 2.75) is 51.6 Å². The van der Waals surface area contributed by atoms with E-state index in [2.05, 4.69) is 19.2 Å². The van der Waals surface area contributed by atoms with Crippen LogP contribution in [0.25, 0.3) is 0 Å². The minimum atomic E-state index is -0.638. The molecule has 0 radical (unpaired) electrons. The molecule has 1 rings (SSSR count). The minimum absolute atomic E-state index is 0.518. The van der Waals surface area contributed by atoms with Gasteiger partial charge in [-0.2, -0.15) is 0 Å². The van der Waals surface area contributed by atoms with E-state index in [-0.39, 0.29) is 0 Å². The molecule has 0 bridgehead atoms. The Balaban J connectivity index is 2.16. The highest BCUT2D eigenvalue weighted by molar-refractivity contribution is 7.84. The average molecular weight is 217 g/mol. The van der Waals surface area contributed by atoms with Crippen LogP contribution in [0.1, 0.15) is 39.5 Å². The molecular formula is C11H23NOS. The molecule has 0 amide bonds. The molecule has 0 aromatic heterocycles. The van der Waals surface area contributed by atoms with Crippen LogP contribution in [0.2, 0.25) is 0 Å². The summed E-state index contributed by atoms with van der Waals surface area (Å²) >= 11 is 0. The van der Waals surface area contributed by atoms with Crippen LogP contribution in [-0.4, -0.2) is 28.3 Å². The molecule has 1 aliphatic rings.